The number of carbonyl (C=O) groups excluding carboxylic acids is 1. The Kier molecular flexibility index (Phi) is 4.70. The predicted octanol–water partition coefficient (Wildman–Crippen LogP) is 0.439. The van der Waals surface area contributed by atoms with Crippen molar-refractivity contribution < 1.29 is 18.7 Å². The number of morpholine rings is 1. The molecule has 1 saturated heterocycles. The molecule has 1 amide bonds. The third-order valence-corrected chi connectivity index (χ3v) is 2.93. The molecule has 0 radical (unpaired) electrons. The molecule has 1 aliphatic rings. The first-order chi connectivity index (χ1) is 9.20. The van der Waals surface area contributed by atoms with Crippen molar-refractivity contribution in [2.45, 2.75) is 12.6 Å². The maximum Gasteiger partial charge on any atom is 0.239 e. The SMILES string of the molecule is COc1ccc(F)cc1CNC(=O)C1COCCN1. The zero-order chi connectivity index (χ0) is 13.7. The number of carbonyl (C=O) groups is 1. The van der Waals surface area contributed by atoms with Crippen LogP contribution < -0.4 is 15.4 Å². The molecule has 0 aromatic heterocycles. The standard InChI is InChI=1S/C13H17FN2O3/c1-18-12-3-2-10(14)6-9(12)7-16-13(17)11-8-19-5-4-15-11/h2-3,6,11,15H,4-5,7-8H2,1H3,(H,16,17). The number of methoxy groups -OCH3 is 1. The van der Waals surface area contributed by atoms with Gasteiger partial charge >= 0.3 is 0 Å². The van der Waals surface area contributed by atoms with Crippen molar-refractivity contribution in [3.8, 4) is 5.75 Å². The van der Waals surface area contributed by atoms with Crippen LogP contribution in [0.5, 0.6) is 5.75 Å². The van der Waals surface area contributed by atoms with Crippen molar-refractivity contribution in [3.63, 3.8) is 0 Å². The minimum Gasteiger partial charge on any atom is -0.496 e. The minimum atomic E-state index is -0.357. The van der Waals surface area contributed by atoms with Crippen LogP contribution in [0.1, 0.15) is 5.56 Å². The largest absolute Gasteiger partial charge is 0.496 e. The minimum absolute atomic E-state index is 0.161. The van der Waals surface area contributed by atoms with Gasteiger partial charge in [0.25, 0.3) is 0 Å². The van der Waals surface area contributed by atoms with E-state index in [0.717, 1.165) is 0 Å². The lowest BCUT2D eigenvalue weighted by Crippen LogP contribution is -2.51. The summed E-state index contributed by atoms with van der Waals surface area (Å²) in [4.78, 5) is 11.9. The van der Waals surface area contributed by atoms with Gasteiger partial charge < -0.3 is 20.1 Å². The second-order valence-corrected chi connectivity index (χ2v) is 4.26. The van der Waals surface area contributed by atoms with Crippen LogP contribution in [0.4, 0.5) is 4.39 Å². The number of amides is 1. The van der Waals surface area contributed by atoms with Gasteiger partial charge in [0.1, 0.15) is 17.6 Å². The van der Waals surface area contributed by atoms with E-state index >= 15 is 0 Å². The van der Waals surface area contributed by atoms with Gasteiger partial charge in [0.15, 0.2) is 0 Å². The number of rotatable bonds is 4. The van der Waals surface area contributed by atoms with E-state index in [-0.39, 0.29) is 24.3 Å². The van der Waals surface area contributed by atoms with E-state index in [2.05, 4.69) is 10.6 Å². The molecule has 1 fully saturated rings. The Bertz CT molecular complexity index is 448. The molecule has 0 saturated carbocycles. The second kappa shape index (κ2) is 6.49. The fraction of sp³-hybridized carbons (Fsp3) is 0.462. The Labute approximate surface area is 111 Å². The molecule has 1 heterocycles. The van der Waals surface area contributed by atoms with Crippen molar-refractivity contribution in [3.05, 3.63) is 29.6 Å². The average molecular weight is 268 g/mol. The van der Waals surface area contributed by atoms with Crippen molar-refractivity contribution in [2.24, 2.45) is 0 Å². The molecule has 0 aliphatic carbocycles. The highest BCUT2D eigenvalue weighted by Gasteiger charge is 2.21. The zero-order valence-electron chi connectivity index (χ0n) is 10.7. The molecule has 1 aromatic rings. The van der Waals surface area contributed by atoms with Gasteiger partial charge in [-0.05, 0) is 18.2 Å². The van der Waals surface area contributed by atoms with Crippen molar-refractivity contribution in [1.82, 2.24) is 10.6 Å². The molecule has 5 nitrogen and oxygen atoms in total. The van der Waals surface area contributed by atoms with E-state index in [0.29, 0.717) is 31.1 Å². The van der Waals surface area contributed by atoms with Crippen LogP contribution in [-0.2, 0) is 16.1 Å². The first kappa shape index (κ1) is 13.8. The highest BCUT2D eigenvalue weighted by molar-refractivity contribution is 5.82. The Morgan fingerprint density at radius 1 is 1.63 bits per heavy atom. The summed E-state index contributed by atoms with van der Waals surface area (Å²) in [6, 6.07) is 3.86. The van der Waals surface area contributed by atoms with Crippen molar-refractivity contribution in [1.29, 1.82) is 0 Å². The molecular weight excluding hydrogens is 251 g/mol. The number of ether oxygens (including phenoxy) is 2. The van der Waals surface area contributed by atoms with Crippen LogP contribution in [0.15, 0.2) is 18.2 Å². The third-order valence-electron chi connectivity index (χ3n) is 2.93. The van der Waals surface area contributed by atoms with Gasteiger partial charge in [0.05, 0.1) is 20.3 Å². The topological polar surface area (TPSA) is 59.6 Å². The van der Waals surface area contributed by atoms with Gasteiger partial charge in [0.2, 0.25) is 5.91 Å². The van der Waals surface area contributed by atoms with Crippen LogP contribution in [0.3, 0.4) is 0 Å². The summed E-state index contributed by atoms with van der Waals surface area (Å²) in [7, 11) is 1.51. The molecule has 104 valence electrons. The van der Waals surface area contributed by atoms with Crippen LogP contribution in [-0.4, -0.2) is 38.8 Å². The summed E-state index contributed by atoms with van der Waals surface area (Å²) in [5, 5.41) is 5.80. The third kappa shape index (κ3) is 3.65. The molecule has 0 bridgehead atoms. The average Bonchev–Trinajstić information content (AvgIpc) is 2.46. The van der Waals surface area contributed by atoms with Crippen LogP contribution in [0, 0.1) is 5.82 Å². The van der Waals surface area contributed by atoms with Gasteiger partial charge in [-0.1, -0.05) is 0 Å². The normalized spacial score (nSPS) is 18.9. The van der Waals surface area contributed by atoms with Gasteiger partial charge in [-0.3, -0.25) is 4.79 Å². The summed E-state index contributed by atoms with van der Waals surface area (Å²) in [6.07, 6.45) is 0. The van der Waals surface area contributed by atoms with Gasteiger partial charge in [-0.2, -0.15) is 0 Å². The van der Waals surface area contributed by atoms with E-state index in [4.69, 9.17) is 9.47 Å². The molecule has 2 rings (SSSR count). The Hall–Kier alpha value is -1.66. The van der Waals surface area contributed by atoms with Crippen LogP contribution in [0.25, 0.3) is 0 Å². The van der Waals surface area contributed by atoms with Crippen molar-refractivity contribution in [2.75, 3.05) is 26.9 Å². The number of hydrogen-bond donors (Lipinski definition) is 2. The quantitative estimate of drug-likeness (QED) is 0.832. The highest BCUT2D eigenvalue weighted by atomic mass is 19.1. The molecule has 19 heavy (non-hydrogen) atoms. The fourth-order valence-corrected chi connectivity index (χ4v) is 1.92. The first-order valence-electron chi connectivity index (χ1n) is 6.12. The summed E-state index contributed by atoms with van der Waals surface area (Å²) < 4.78 is 23.5. The van der Waals surface area contributed by atoms with E-state index in [1.54, 1.807) is 6.07 Å². The fourth-order valence-electron chi connectivity index (χ4n) is 1.92. The molecule has 6 heteroatoms. The van der Waals surface area contributed by atoms with E-state index in [9.17, 15) is 9.18 Å². The number of benzene rings is 1. The number of halogens is 1. The summed E-state index contributed by atoms with van der Waals surface area (Å²) in [5.74, 6) is 0.0322. The summed E-state index contributed by atoms with van der Waals surface area (Å²) in [6.45, 7) is 1.84. The smallest absolute Gasteiger partial charge is 0.239 e. The van der Waals surface area contributed by atoms with Gasteiger partial charge in [-0.15, -0.1) is 0 Å². The monoisotopic (exact) mass is 268 g/mol. The zero-order valence-corrected chi connectivity index (χ0v) is 10.7. The summed E-state index contributed by atoms with van der Waals surface area (Å²) >= 11 is 0. The van der Waals surface area contributed by atoms with E-state index in [1.807, 2.05) is 0 Å². The molecule has 1 aromatic carbocycles. The lowest BCUT2D eigenvalue weighted by Gasteiger charge is -2.23. The molecule has 1 atom stereocenters. The molecule has 1 unspecified atom stereocenters. The predicted molar refractivity (Wildman–Crippen MR) is 67.4 cm³/mol. The van der Waals surface area contributed by atoms with Crippen LogP contribution in [0.2, 0.25) is 0 Å². The Morgan fingerprint density at radius 2 is 2.47 bits per heavy atom. The van der Waals surface area contributed by atoms with E-state index < -0.39 is 0 Å². The lowest BCUT2D eigenvalue weighted by molar-refractivity contribution is -0.126. The first-order valence-corrected chi connectivity index (χ1v) is 6.12. The summed E-state index contributed by atoms with van der Waals surface area (Å²) in [5.41, 5.74) is 0.604. The van der Waals surface area contributed by atoms with E-state index in [1.165, 1.54) is 19.2 Å². The Morgan fingerprint density at radius 3 is 3.16 bits per heavy atom. The number of hydrogen-bond acceptors (Lipinski definition) is 4. The molecule has 1 aliphatic heterocycles. The molecule has 0 spiro atoms. The van der Waals surface area contributed by atoms with Gasteiger partial charge in [-0.25, -0.2) is 4.39 Å². The molecule has 2 N–H and O–H groups in total. The van der Waals surface area contributed by atoms with Crippen molar-refractivity contribution >= 4 is 5.91 Å². The maximum absolute atomic E-state index is 13.2. The highest BCUT2D eigenvalue weighted by Crippen LogP contribution is 2.18. The van der Waals surface area contributed by atoms with Gasteiger partial charge in [0, 0.05) is 18.7 Å². The Balaban J connectivity index is 1.94. The number of nitrogens with one attached hydrogen (secondary N) is 2. The second-order valence-electron chi connectivity index (χ2n) is 4.26. The maximum atomic E-state index is 13.2. The van der Waals surface area contributed by atoms with Crippen LogP contribution >= 0.6 is 0 Å². The molecular formula is C13H17FN2O3. The lowest BCUT2D eigenvalue weighted by atomic mass is 10.2.